The number of imidazole rings is 1. The number of aromatic nitrogens is 2. The summed E-state index contributed by atoms with van der Waals surface area (Å²) in [6, 6.07) is 2.48. The van der Waals surface area contributed by atoms with Crippen LogP contribution in [0.1, 0.15) is 31.1 Å². The van der Waals surface area contributed by atoms with Gasteiger partial charge >= 0.3 is 0 Å². The minimum Gasteiger partial charge on any atom is -0.469 e. The van der Waals surface area contributed by atoms with Crippen molar-refractivity contribution in [3.05, 3.63) is 29.6 Å². The van der Waals surface area contributed by atoms with Gasteiger partial charge in [-0.25, -0.2) is 4.98 Å². The van der Waals surface area contributed by atoms with Gasteiger partial charge < -0.3 is 14.7 Å². The molecule has 2 heterocycles. The summed E-state index contributed by atoms with van der Waals surface area (Å²) in [4.78, 5) is 8.06. The van der Waals surface area contributed by atoms with Gasteiger partial charge in [0.1, 0.15) is 11.6 Å². The Morgan fingerprint density at radius 3 is 3.18 bits per heavy atom. The third-order valence-electron chi connectivity index (χ3n) is 3.11. The van der Waals surface area contributed by atoms with E-state index in [2.05, 4.69) is 29.1 Å². The van der Waals surface area contributed by atoms with Crippen molar-refractivity contribution in [1.82, 2.24) is 15.3 Å². The number of nitrogens with zero attached hydrogens (tertiary/aromatic N) is 1. The summed E-state index contributed by atoms with van der Waals surface area (Å²) in [7, 11) is 0. The molecule has 0 amide bonds. The van der Waals surface area contributed by atoms with Crippen molar-refractivity contribution in [2.75, 3.05) is 0 Å². The van der Waals surface area contributed by atoms with Gasteiger partial charge in [-0.15, -0.1) is 0 Å². The second kappa shape index (κ2) is 4.04. The molecule has 0 radical (unpaired) electrons. The third kappa shape index (κ3) is 1.89. The first-order valence-corrected chi connectivity index (χ1v) is 6.12. The molecular weight excluding hydrogens is 214 g/mol. The van der Waals surface area contributed by atoms with Crippen molar-refractivity contribution < 1.29 is 4.42 Å². The molecule has 0 unspecified atom stereocenters. The van der Waals surface area contributed by atoms with Crippen molar-refractivity contribution in [3.8, 4) is 11.3 Å². The van der Waals surface area contributed by atoms with Crippen LogP contribution in [0.4, 0.5) is 0 Å². The molecule has 0 spiro atoms. The van der Waals surface area contributed by atoms with E-state index in [0.29, 0.717) is 6.04 Å². The molecule has 1 aliphatic rings. The molecule has 0 aromatic carbocycles. The standard InChI is InChI=1S/C13H17N3O/c1-8(2)14-7-12-15-10-3-4-11-9(5-6-17-11)13(10)16-12/h5-6,8,14H,3-4,7H2,1-2H3,(H,15,16). The van der Waals surface area contributed by atoms with Crippen LogP contribution < -0.4 is 5.32 Å². The van der Waals surface area contributed by atoms with E-state index in [1.807, 2.05) is 6.07 Å². The highest BCUT2D eigenvalue weighted by Crippen LogP contribution is 2.32. The number of fused-ring (bicyclic) bond motifs is 3. The summed E-state index contributed by atoms with van der Waals surface area (Å²) < 4.78 is 5.45. The van der Waals surface area contributed by atoms with Gasteiger partial charge in [0.2, 0.25) is 0 Å². The molecule has 2 N–H and O–H groups in total. The highest BCUT2D eigenvalue weighted by atomic mass is 16.3. The lowest BCUT2D eigenvalue weighted by atomic mass is 10.00. The molecule has 0 aliphatic heterocycles. The minimum absolute atomic E-state index is 0.474. The molecule has 3 rings (SSSR count). The maximum absolute atomic E-state index is 5.45. The van der Waals surface area contributed by atoms with E-state index in [1.54, 1.807) is 6.26 Å². The number of furan rings is 1. The lowest BCUT2D eigenvalue weighted by Gasteiger charge is -2.08. The Morgan fingerprint density at radius 2 is 2.35 bits per heavy atom. The van der Waals surface area contributed by atoms with E-state index >= 15 is 0 Å². The fraction of sp³-hybridized carbons (Fsp3) is 0.462. The van der Waals surface area contributed by atoms with Crippen LogP contribution in [-0.4, -0.2) is 16.0 Å². The van der Waals surface area contributed by atoms with Crippen LogP contribution in [0.15, 0.2) is 16.7 Å². The van der Waals surface area contributed by atoms with Crippen LogP contribution in [0.25, 0.3) is 11.3 Å². The van der Waals surface area contributed by atoms with Gasteiger partial charge in [-0.2, -0.15) is 0 Å². The summed E-state index contributed by atoms with van der Waals surface area (Å²) in [6.45, 7) is 5.06. The highest BCUT2D eigenvalue weighted by molar-refractivity contribution is 5.66. The molecule has 0 saturated heterocycles. The van der Waals surface area contributed by atoms with E-state index in [0.717, 1.165) is 42.2 Å². The van der Waals surface area contributed by atoms with Crippen LogP contribution in [0.2, 0.25) is 0 Å². The summed E-state index contributed by atoms with van der Waals surface area (Å²) in [6.07, 6.45) is 3.71. The van der Waals surface area contributed by atoms with Gasteiger partial charge in [-0.1, -0.05) is 13.8 Å². The summed E-state index contributed by atoms with van der Waals surface area (Å²) in [5.74, 6) is 2.07. The summed E-state index contributed by atoms with van der Waals surface area (Å²) >= 11 is 0. The molecule has 17 heavy (non-hydrogen) atoms. The van der Waals surface area contributed by atoms with Gasteiger partial charge in [0.05, 0.1) is 18.5 Å². The van der Waals surface area contributed by atoms with E-state index in [9.17, 15) is 0 Å². The second-order valence-corrected chi connectivity index (χ2v) is 4.80. The normalized spacial score (nSPS) is 13.8. The fourth-order valence-corrected chi connectivity index (χ4v) is 2.24. The van der Waals surface area contributed by atoms with Crippen LogP contribution in [0, 0.1) is 0 Å². The van der Waals surface area contributed by atoms with E-state index in [1.165, 1.54) is 5.69 Å². The van der Waals surface area contributed by atoms with Gasteiger partial charge in [-0.3, -0.25) is 0 Å². The monoisotopic (exact) mass is 231 g/mol. The Bertz CT molecular complexity index is 525. The largest absolute Gasteiger partial charge is 0.469 e. The van der Waals surface area contributed by atoms with Gasteiger partial charge in [0, 0.05) is 23.7 Å². The van der Waals surface area contributed by atoms with Crippen molar-refractivity contribution in [3.63, 3.8) is 0 Å². The smallest absolute Gasteiger partial charge is 0.121 e. The average molecular weight is 231 g/mol. The van der Waals surface area contributed by atoms with Gasteiger partial charge in [0.25, 0.3) is 0 Å². The third-order valence-corrected chi connectivity index (χ3v) is 3.11. The van der Waals surface area contributed by atoms with Crippen LogP contribution >= 0.6 is 0 Å². The van der Waals surface area contributed by atoms with E-state index in [-0.39, 0.29) is 0 Å². The van der Waals surface area contributed by atoms with Gasteiger partial charge in [0.15, 0.2) is 0 Å². The molecule has 2 aromatic rings. The molecular formula is C13H17N3O. The number of aromatic amines is 1. The van der Waals surface area contributed by atoms with Crippen molar-refractivity contribution in [1.29, 1.82) is 0 Å². The van der Waals surface area contributed by atoms with Crippen molar-refractivity contribution in [2.45, 2.75) is 39.3 Å². The second-order valence-electron chi connectivity index (χ2n) is 4.80. The molecule has 4 heteroatoms. The first-order valence-electron chi connectivity index (χ1n) is 6.12. The maximum atomic E-state index is 5.45. The summed E-state index contributed by atoms with van der Waals surface area (Å²) in [5, 5.41) is 3.37. The minimum atomic E-state index is 0.474. The number of nitrogens with one attached hydrogen (secondary N) is 2. The molecule has 1 aliphatic carbocycles. The SMILES string of the molecule is CC(C)NCc1nc2c([nH]1)CCc1occc1-2. The van der Waals surface area contributed by atoms with Crippen LogP contribution in [0.5, 0.6) is 0 Å². The zero-order chi connectivity index (χ0) is 11.8. The van der Waals surface area contributed by atoms with Crippen LogP contribution in [0.3, 0.4) is 0 Å². The molecule has 2 aromatic heterocycles. The van der Waals surface area contributed by atoms with Crippen LogP contribution in [-0.2, 0) is 19.4 Å². The number of H-pyrrole nitrogens is 1. The number of hydrogen-bond acceptors (Lipinski definition) is 3. The lowest BCUT2D eigenvalue weighted by molar-refractivity contribution is 0.506. The molecule has 0 saturated carbocycles. The summed E-state index contributed by atoms with van der Waals surface area (Å²) in [5.41, 5.74) is 3.46. The Morgan fingerprint density at radius 1 is 1.47 bits per heavy atom. The Labute approximate surface area is 100 Å². The molecule has 0 atom stereocenters. The van der Waals surface area contributed by atoms with E-state index in [4.69, 9.17) is 4.42 Å². The van der Waals surface area contributed by atoms with Gasteiger partial charge in [-0.05, 0) is 12.5 Å². The predicted octanol–water partition coefficient (Wildman–Crippen LogP) is 2.27. The molecule has 4 nitrogen and oxygen atoms in total. The Balaban J connectivity index is 1.89. The molecule has 0 bridgehead atoms. The lowest BCUT2D eigenvalue weighted by Crippen LogP contribution is -2.22. The van der Waals surface area contributed by atoms with Crippen molar-refractivity contribution >= 4 is 0 Å². The Hall–Kier alpha value is -1.55. The first kappa shape index (κ1) is 10.6. The topological polar surface area (TPSA) is 53.9 Å². The van der Waals surface area contributed by atoms with E-state index < -0.39 is 0 Å². The number of aryl methyl sites for hydroxylation is 2. The number of rotatable bonds is 3. The highest BCUT2D eigenvalue weighted by Gasteiger charge is 2.22. The van der Waals surface area contributed by atoms with Crippen molar-refractivity contribution in [2.24, 2.45) is 0 Å². The Kier molecular flexibility index (Phi) is 2.52. The molecule has 90 valence electrons. The predicted molar refractivity (Wildman–Crippen MR) is 65.7 cm³/mol. The average Bonchev–Trinajstić information content (AvgIpc) is 2.91. The maximum Gasteiger partial charge on any atom is 0.121 e. The quantitative estimate of drug-likeness (QED) is 0.852. The molecule has 0 fully saturated rings. The first-order chi connectivity index (χ1) is 8.24. The zero-order valence-corrected chi connectivity index (χ0v) is 10.2. The number of hydrogen-bond donors (Lipinski definition) is 2. The fourth-order valence-electron chi connectivity index (χ4n) is 2.24. The zero-order valence-electron chi connectivity index (χ0n) is 10.2.